The molecule has 0 spiro atoms. The second kappa shape index (κ2) is 16.0. The highest BCUT2D eigenvalue weighted by atomic mass is 32.2. The van der Waals surface area contributed by atoms with E-state index in [1.54, 1.807) is 35.4 Å². The van der Waals surface area contributed by atoms with Crippen LogP contribution in [0.3, 0.4) is 0 Å². The first-order valence-electron chi connectivity index (χ1n) is 18.0. The smallest absolute Gasteiger partial charge is 0.457 e. The Labute approximate surface area is 298 Å². The van der Waals surface area contributed by atoms with Crippen molar-refractivity contribution >= 4 is 40.8 Å². The number of hydrogen-bond acceptors (Lipinski definition) is 10. The van der Waals surface area contributed by atoms with Gasteiger partial charge in [-0.1, -0.05) is 80.1 Å². The highest BCUT2D eigenvalue weighted by Gasteiger charge is 2.51. The first kappa shape index (κ1) is 37.4. The number of cyclic esters (lactones) is 1. The molecule has 2 aliphatic rings. The molecule has 10 nitrogen and oxygen atoms in total. The Morgan fingerprint density at radius 1 is 1.00 bits per heavy atom. The van der Waals surface area contributed by atoms with Gasteiger partial charge in [-0.3, -0.25) is 9.59 Å². The first-order valence-corrected chi connectivity index (χ1v) is 19.0. The molecule has 0 saturated heterocycles. The molecule has 270 valence electrons. The summed E-state index contributed by atoms with van der Waals surface area (Å²) in [7, 11) is 0. The van der Waals surface area contributed by atoms with E-state index in [1.807, 2.05) is 19.1 Å². The van der Waals surface area contributed by atoms with Crippen LogP contribution in [0.5, 0.6) is 5.75 Å². The van der Waals surface area contributed by atoms with Crippen LogP contribution in [0.15, 0.2) is 29.1 Å². The van der Waals surface area contributed by atoms with Gasteiger partial charge in [0.2, 0.25) is 5.60 Å². The molecule has 0 aliphatic carbocycles. The first-order chi connectivity index (χ1) is 23.9. The van der Waals surface area contributed by atoms with Gasteiger partial charge in [0.1, 0.15) is 19.0 Å². The number of carbonyl (C=O) groups excluding carboxylic acids is 3. The molecule has 5 rings (SSSR count). The number of ether oxygens (including phenoxy) is 4. The zero-order valence-corrected chi connectivity index (χ0v) is 31.1. The topological polar surface area (TPSA) is 123 Å². The predicted molar refractivity (Wildman–Crippen MR) is 195 cm³/mol. The van der Waals surface area contributed by atoms with Crippen LogP contribution in [0.2, 0.25) is 0 Å². The number of rotatable bonds is 15. The molecule has 0 N–H and O–H groups in total. The summed E-state index contributed by atoms with van der Waals surface area (Å²) in [4.78, 5) is 57.9. The fourth-order valence-corrected chi connectivity index (χ4v) is 7.60. The average Bonchev–Trinajstić information content (AvgIpc) is 3.44. The van der Waals surface area contributed by atoms with E-state index in [2.05, 4.69) is 27.7 Å². The van der Waals surface area contributed by atoms with Crippen LogP contribution in [0.1, 0.15) is 122 Å². The molecular weight excluding hydrogens is 657 g/mol. The fraction of sp³-hybridized carbons (Fsp3) is 0.564. The summed E-state index contributed by atoms with van der Waals surface area (Å²) in [6, 6.07) is 7.17. The van der Waals surface area contributed by atoms with E-state index < -0.39 is 17.7 Å². The summed E-state index contributed by atoms with van der Waals surface area (Å²) < 4.78 is 23.9. The van der Waals surface area contributed by atoms with Gasteiger partial charge in [-0.25, -0.2) is 14.6 Å². The van der Waals surface area contributed by atoms with Gasteiger partial charge in [-0.15, -0.1) is 0 Å². The molecule has 0 saturated carbocycles. The SMILES string of the molecule is CCCCCCCCCC(=O)Oc1ccc2nc3c(c(CC)c2c1)Cn1c-3cc2c(c1=O)COC(=O)[C@@]2(CC)OC(=O)OCCSC(C)(C)C. The van der Waals surface area contributed by atoms with E-state index in [1.165, 1.54) is 25.7 Å². The lowest BCUT2D eigenvalue weighted by Crippen LogP contribution is -2.47. The van der Waals surface area contributed by atoms with Gasteiger partial charge in [-0.2, -0.15) is 11.8 Å². The summed E-state index contributed by atoms with van der Waals surface area (Å²) >= 11 is 1.64. The van der Waals surface area contributed by atoms with Crippen LogP contribution < -0.4 is 10.3 Å². The third kappa shape index (κ3) is 8.03. The molecule has 1 aromatic carbocycles. The van der Waals surface area contributed by atoms with Crippen LogP contribution in [0, 0.1) is 0 Å². The molecule has 50 heavy (non-hydrogen) atoms. The molecule has 0 unspecified atom stereocenters. The summed E-state index contributed by atoms with van der Waals surface area (Å²) in [6.45, 7) is 12.3. The monoisotopic (exact) mass is 706 g/mol. The number of aryl methyl sites for hydroxylation is 1. The third-order valence-corrected chi connectivity index (χ3v) is 10.6. The zero-order valence-electron chi connectivity index (χ0n) is 30.3. The van der Waals surface area contributed by atoms with Gasteiger partial charge in [-0.05, 0) is 49.1 Å². The van der Waals surface area contributed by atoms with Gasteiger partial charge in [0.15, 0.2) is 0 Å². The minimum Gasteiger partial charge on any atom is -0.457 e. The van der Waals surface area contributed by atoms with Crippen LogP contribution in [-0.2, 0) is 49.0 Å². The summed E-state index contributed by atoms with van der Waals surface area (Å²) in [5.41, 5.74) is 2.14. The number of nitrogens with zero attached hydrogens (tertiary/aromatic N) is 2. The number of hydrogen-bond donors (Lipinski definition) is 0. The highest BCUT2D eigenvalue weighted by molar-refractivity contribution is 8.00. The maximum absolute atomic E-state index is 14.0. The predicted octanol–water partition coefficient (Wildman–Crippen LogP) is 8.38. The van der Waals surface area contributed by atoms with Crippen molar-refractivity contribution in [3.05, 3.63) is 56.9 Å². The minimum absolute atomic E-state index is 0.00166. The van der Waals surface area contributed by atoms with Gasteiger partial charge in [0, 0.05) is 33.4 Å². The standard InChI is InChI=1S/C39H50N2O8S/c1-7-10-11-12-13-14-15-16-33(42)48-25-17-18-31-27(21-25)26(8-2)28-23-41-32(34(28)40-31)22-30-29(35(41)43)24-47-36(44)39(30,9-3)49-37(45)46-19-20-50-38(4,5)6/h17-18,21-22H,7-16,19-20,23-24H2,1-6H3/t39-/m0/s1. The van der Waals surface area contributed by atoms with Gasteiger partial charge in [0.25, 0.3) is 5.56 Å². The second-order valence-electron chi connectivity index (χ2n) is 14.0. The third-order valence-electron chi connectivity index (χ3n) is 9.41. The molecule has 4 heterocycles. The van der Waals surface area contributed by atoms with Crippen molar-refractivity contribution < 1.29 is 33.3 Å². The van der Waals surface area contributed by atoms with E-state index in [4.69, 9.17) is 23.9 Å². The molecule has 2 aromatic heterocycles. The van der Waals surface area contributed by atoms with E-state index in [-0.39, 0.29) is 48.0 Å². The highest BCUT2D eigenvalue weighted by Crippen LogP contribution is 2.42. The Morgan fingerprint density at radius 3 is 2.44 bits per heavy atom. The quantitative estimate of drug-likeness (QED) is 0.0677. The van der Waals surface area contributed by atoms with Crippen molar-refractivity contribution in [3.63, 3.8) is 0 Å². The maximum Gasteiger partial charge on any atom is 0.509 e. The number of aromatic nitrogens is 2. The fourth-order valence-electron chi connectivity index (χ4n) is 6.82. The van der Waals surface area contributed by atoms with Crippen LogP contribution in [0.4, 0.5) is 4.79 Å². The second-order valence-corrected chi connectivity index (χ2v) is 15.9. The number of pyridine rings is 2. The number of esters is 2. The maximum atomic E-state index is 14.0. The molecule has 0 bridgehead atoms. The summed E-state index contributed by atoms with van der Waals surface area (Å²) in [5.74, 6) is 0.0356. The number of unbranched alkanes of at least 4 members (excludes halogenated alkanes) is 6. The Bertz CT molecular complexity index is 1810. The van der Waals surface area contributed by atoms with Crippen molar-refractivity contribution in [1.29, 1.82) is 0 Å². The molecule has 0 fully saturated rings. The van der Waals surface area contributed by atoms with E-state index in [9.17, 15) is 19.2 Å². The van der Waals surface area contributed by atoms with Gasteiger partial charge in [0.05, 0.1) is 29.0 Å². The molecule has 11 heteroatoms. The van der Waals surface area contributed by atoms with Crippen LogP contribution in [0.25, 0.3) is 22.3 Å². The molecule has 0 radical (unpaired) electrons. The van der Waals surface area contributed by atoms with Crippen molar-refractivity contribution in [3.8, 4) is 17.1 Å². The van der Waals surface area contributed by atoms with Crippen molar-refractivity contribution in [2.75, 3.05) is 12.4 Å². The Morgan fingerprint density at radius 2 is 1.74 bits per heavy atom. The van der Waals surface area contributed by atoms with Crippen molar-refractivity contribution in [2.45, 2.75) is 129 Å². The Hall–Kier alpha value is -3.86. The number of thioether (sulfide) groups is 1. The van der Waals surface area contributed by atoms with Crippen LogP contribution in [-0.4, -0.2) is 44.8 Å². The van der Waals surface area contributed by atoms with Gasteiger partial charge >= 0.3 is 18.1 Å². The molecule has 2 aliphatic heterocycles. The number of benzene rings is 1. The lowest BCUT2D eigenvalue weighted by Gasteiger charge is -2.35. The summed E-state index contributed by atoms with van der Waals surface area (Å²) in [5, 5.41) is 0.857. The summed E-state index contributed by atoms with van der Waals surface area (Å²) in [6.07, 6.45) is 7.96. The lowest BCUT2D eigenvalue weighted by atomic mass is 9.85. The van der Waals surface area contributed by atoms with E-state index >= 15 is 0 Å². The van der Waals surface area contributed by atoms with Crippen molar-refractivity contribution in [1.82, 2.24) is 9.55 Å². The molecule has 3 aromatic rings. The zero-order chi connectivity index (χ0) is 36.1. The average molecular weight is 707 g/mol. The number of fused-ring (bicyclic) bond motifs is 5. The van der Waals surface area contributed by atoms with Crippen LogP contribution >= 0.6 is 11.8 Å². The normalized spacial score (nSPS) is 16.4. The lowest BCUT2D eigenvalue weighted by molar-refractivity contribution is -0.175. The number of carbonyl (C=O) groups is 3. The molecular formula is C39H50N2O8S. The van der Waals surface area contributed by atoms with E-state index in [0.717, 1.165) is 35.8 Å². The largest absolute Gasteiger partial charge is 0.509 e. The Kier molecular flexibility index (Phi) is 12.0. The minimum atomic E-state index is -1.84. The molecule has 0 amide bonds. The molecule has 1 atom stereocenters. The van der Waals surface area contributed by atoms with E-state index in [0.29, 0.717) is 46.8 Å². The van der Waals surface area contributed by atoms with Crippen molar-refractivity contribution in [2.24, 2.45) is 0 Å². The Balaban J connectivity index is 1.40. The van der Waals surface area contributed by atoms with Gasteiger partial charge < -0.3 is 23.5 Å².